The first-order valence-corrected chi connectivity index (χ1v) is 4.93. The lowest BCUT2D eigenvalue weighted by Gasteiger charge is -2.04. The normalized spacial score (nSPS) is 10.6. The number of fused-ring (bicyclic) bond motifs is 1. The Labute approximate surface area is 95.6 Å². The van der Waals surface area contributed by atoms with Gasteiger partial charge in [0.05, 0.1) is 17.6 Å². The number of benzene rings is 1. The van der Waals surface area contributed by atoms with Gasteiger partial charge in [-0.15, -0.1) is 0 Å². The molecule has 0 bridgehead atoms. The van der Waals surface area contributed by atoms with Crippen molar-refractivity contribution >= 4 is 34.1 Å². The number of aromatic amines is 1. The Morgan fingerprint density at radius 2 is 2.00 bits per heavy atom. The van der Waals surface area contributed by atoms with Gasteiger partial charge in [-0.1, -0.05) is 23.2 Å². The molecule has 0 spiro atoms. The lowest BCUT2D eigenvalue weighted by molar-refractivity contribution is 0.409. The van der Waals surface area contributed by atoms with E-state index in [2.05, 4.69) is 4.98 Å². The Balaban J connectivity index is 2.87. The van der Waals surface area contributed by atoms with Crippen LogP contribution in [0.5, 0.6) is 5.75 Å². The zero-order chi connectivity index (χ0) is 11.0. The van der Waals surface area contributed by atoms with Crippen LogP contribution in [0.25, 0.3) is 10.9 Å². The van der Waals surface area contributed by atoms with Crippen molar-refractivity contribution in [3.05, 3.63) is 38.6 Å². The molecule has 1 heterocycles. The highest BCUT2D eigenvalue weighted by molar-refractivity contribution is 6.38. The highest BCUT2D eigenvalue weighted by atomic mass is 35.5. The Bertz CT molecular complexity index is 577. The van der Waals surface area contributed by atoms with E-state index < -0.39 is 0 Å². The third-order valence-electron chi connectivity index (χ3n) is 2.06. The number of aromatic nitrogens is 1. The van der Waals surface area contributed by atoms with Crippen molar-refractivity contribution in [2.75, 3.05) is 7.11 Å². The molecular formula is C10H7Cl2NO2. The van der Waals surface area contributed by atoms with Gasteiger partial charge in [-0.3, -0.25) is 4.79 Å². The number of pyridine rings is 1. The third-order valence-corrected chi connectivity index (χ3v) is 2.59. The molecule has 0 saturated carbocycles. The maximum absolute atomic E-state index is 11.4. The lowest BCUT2D eigenvalue weighted by atomic mass is 10.2. The second-order valence-corrected chi connectivity index (χ2v) is 3.86. The monoisotopic (exact) mass is 243 g/mol. The number of halogens is 2. The fourth-order valence-electron chi connectivity index (χ4n) is 1.37. The predicted molar refractivity (Wildman–Crippen MR) is 61.1 cm³/mol. The molecule has 0 saturated heterocycles. The molecule has 0 amide bonds. The van der Waals surface area contributed by atoms with Crippen LogP contribution in [0.3, 0.4) is 0 Å². The van der Waals surface area contributed by atoms with Gasteiger partial charge in [0, 0.05) is 10.4 Å². The van der Waals surface area contributed by atoms with Crippen molar-refractivity contribution in [2.45, 2.75) is 0 Å². The molecule has 0 unspecified atom stereocenters. The molecule has 0 atom stereocenters. The molecule has 15 heavy (non-hydrogen) atoms. The van der Waals surface area contributed by atoms with E-state index >= 15 is 0 Å². The average Bonchev–Trinajstić information content (AvgIpc) is 2.16. The van der Waals surface area contributed by atoms with Gasteiger partial charge in [0.2, 0.25) is 0 Å². The number of methoxy groups -OCH3 is 1. The highest BCUT2D eigenvalue weighted by Crippen LogP contribution is 2.27. The smallest absolute Gasteiger partial charge is 0.290 e. The summed E-state index contributed by atoms with van der Waals surface area (Å²) in [5.74, 6) is 0.228. The topological polar surface area (TPSA) is 42.1 Å². The molecular weight excluding hydrogens is 237 g/mol. The minimum atomic E-state index is -0.302. The summed E-state index contributed by atoms with van der Waals surface area (Å²) in [6.45, 7) is 0. The molecule has 0 aliphatic rings. The zero-order valence-electron chi connectivity index (χ0n) is 7.80. The van der Waals surface area contributed by atoms with Crippen LogP contribution in [0.4, 0.5) is 0 Å². The Hall–Kier alpha value is -1.19. The first-order chi connectivity index (χ1) is 7.11. The van der Waals surface area contributed by atoms with Crippen LogP contribution >= 0.6 is 23.2 Å². The quantitative estimate of drug-likeness (QED) is 0.837. The Morgan fingerprint density at radius 1 is 1.27 bits per heavy atom. The maximum atomic E-state index is 11.4. The molecule has 1 aromatic heterocycles. The van der Waals surface area contributed by atoms with Gasteiger partial charge in [-0.05, 0) is 18.2 Å². The number of H-pyrrole nitrogens is 1. The minimum absolute atomic E-state index is 0.228. The largest absolute Gasteiger partial charge is 0.491 e. The van der Waals surface area contributed by atoms with Crippen molar-refractivity contribution in [3.8, 4) is 5.75 Å². The van der Waals surface area contributed by atoms with Crippen LogP contribution in [-0.2, 0) is 0 Å². The molecule has 2 rings (SSSR count). The van der Waals surface area contributed by atoms with E-state index in [1.165, 1.54) is 7.11 Å². The fourth-order valence-corrected chi connectivity index (χ4v) is 1.92. The van der Waals surface area contributed by atoms with E-state index in [0.29, 0.717) is 20.9 Å². The van der Waals surface area contributed by atoms with Gasteiger partial charge in [0.1, 0.15) is 0 Å². The average molecular weight is 244 g/mol. The van der Waals surface area contributed by atoms with Crippen LogP contribution in [0, 0.1) is 0 Å². The Kier molecular flexibility index (Phi) is 2.59. The van der Waals surface area contributed by atoms with Gasteiger partial charge in [-0.2, -0.15) is 0 Å². The molecule has 78 valence electrons. The van der Waals surface area contributed by atoms with E-state index in [4.69, 9.17) is 27.9 Å². The summed E-state index contributed by atoms with van der Waals surface area (Å²) >= 11 is 11.8. The van der Waals surface area contributed by atoms with Gasteiger partial charge >= 0.3 is 0 Å². The maximum Gasteiger partial charge on any atom is 0.290 e. The third kappa shape index (κ3) is 1.80. The molecule has 2 aromatic rings. The summed E-state index contributed by atoms with van der Waals surface area (Å²) in [7, 11) is 1.43. The van der Waals surface area contributed by atoms with E-state index in [1.807, 2.05) is 0 Å². The summed E-state index contributed by atoms with van der Waals surface area (Å²) in [4.78, 5) is 14.1. The SMILES string of the molecule is COc1cc2c(Cl)cc(Cl)cc2[nH]c1=O. The zero-order valence-corrected chi connectivity index (χ0v) is 9.32. The van der Waals surface area contributed by atoms with Crippen molar-refractivity contribution < 1.29 is 4.74 Å². The van der Waals surface area contributed by atoms with Gasteiger partial charge < -0.3 is 9.72 Å². The van der Waals surface area contributed by atoms with Crippen LogP contribution < -0.4 is 10.3 Å². The van der Waals surface area contributed by atoms with Crippen LogP contribution in [-0.4, -0.2) is 12.1 Å². The number of nitrogens with one attached hydrogen (secondary N) is 1. The minimum Gasteiger partial charge on any atom is -0.491 e. The van der Waals surface area contributed by atoms with Gasteiger partial charge in [0.25, 0.3) is 5.56 Å². The predicted octanol–water partition coefficient (Wildman–Crippen LogP) is 2.84. The second kappa shape index (κ2) is 3.76. The number of hydrogen-bond donors (Lipinski definition) is 1. The van der Waals surface area contributed by atoms with Gasteiger partial charge in [0.15, 0.2) is 5.75 Å². The fraction of sp³-hybridized carbons (Fsp3) is 0.100. The Morgan fingerprint density at radius 3 is 2.67 bits per heavy atom. The van der Waals surface area contributed by atoms with E-state index in [0.717, 1.165) is 0 Å². The molecule has 0 radical (unpaired) electrons. The number of rotatable bonds is 1. The summed E-state index contributed by atoms with van der Waals surface area (Å²) in [5.41, 5.74) is 0.293. The van der Waals surface area contributed by atoms with Crippen LogP contribution in [0.2, 0.25) is 10.0 Å². The van der Waals surface area contributed by atoms with Crippen LogP contribution in [0.15, 0.2) is 23.0 Å². The van der Waals surface area contributed by atoms with Gasteiger partial charge in [-0.25, -0.2) is 0 Å². The van der Waals surface area contributed by atoms with Crippen molar-refractivity contribution in [3.63, 3.8) is 0 Å². The van der Waals surface area contributed by atoms with E-state index in [-0.39, 0.29) is 11.3 Å². The molecule has 1 N–H and O–H groups in total. The second-order valence-electron chi connectivity index (χ2n) is 3.02. The van der Waals surface area contributed by atoms with E-state index in [1.54, 1.807) is 18.2 Å². The summed E-state index contributed by atoms with van der Waals surface area (Å²) in [5, 5.41) is 1.66. The standard InChI is InChI=1S/C10H7Cl2NO2/c1-15-9-4-6-7(12)2-5(11)3-8(6)13-10(9)14/h2-4H,1H3,(H,13,14). The summed E-state index contributed by atoms with van der Waals surface area (Å²) < 4.78 is 4.90. The number of hydrogen-bond acceptors (Lipinski definition) is 2. The molecule has 5 heteroatoms. The molecule has 0 aliphatic heterocycles. The first kappa shape index (κ1) is 10.3. The molecule has 0 aliphatic carbocycles. The molecule has 3 nitrogen and oxygen atoms in total. The van der Waals surface area contributed by atoms with Crippen molar-refractivity contribution in [1.82, 2.24) is 4.98 Å². The van der Waals surface area contributed by atoms with Crippen LogP contribution in [0.1, 0.15) is 0 Å². The molecule has 1 aromatic carbocycles. The number of ether oxygens (including phenoxy) is 1. The first-order valence-electron chi connectivity index (χ1n) is 4.18. The summed E-state index contributed by atoms with van der Waals surface area (Å²) in [6, 6.07) is 4.85. The van der Waals surface area contributed by atoms with Crippen molar-refractivity contribution in [1.29, 1.82) is 0 Å². The lowest BCUT2D eigenvalue weighted by Crippen LogP contribution is -2.08. The highest BCUT2D eigenvalue weighted by Gasteiger charge is 2.06. The van der Waals surface area contributed by atoms with E-state index in [9.17, 15) is 4.79 Å². The summed E-state index contributed by atoms with van der Waals surface area (Å²) in [6.07, 6.45) is 0. The molecule has 0 fully saturated rings. The van der Waals surface area contributed by atoms with Crippen molar-refractivity contribution in [2.24, 2.45) is 0 Å².